The van der Waals surface area contributed by atoms with Crippen molar-refractivity contribution < 1.29 is 23.5 Å². The zero-order valence-corrected chi connectivity index (χ0v) is 22.2. The fourth-order valence-electron chi connectivity index (χ4n) is 4.88. The summed E-state index contributed by atoms with van der Waals surface area (Å²) in [6.07, 6.45) is 2.75. The van der Waals surface area contributed by atoms with Gasteiger partial charge in [-0.05, 0) is 55.5 Å². The molecule has 0 saturated heterocycles. The van der Waals surface area contributed by atoms with Crippen molar-refractivity contribution in [3.8, 4) is 5.75 Å². The number of carbonyl (C=O) groups excluding carboxylic acids is 2. The Kier molecular flexibility index (Phi) is 8.82. The van der Waals surface area contributed by atoms with Gasteiger partial charge in [0.1, 0.15) is 18.2 Å². The number of hydrogen-bond donors (Lipinski definition) is 1. The highest BCUT2D eigenvalue weighted by molar-refractivity contribution is 5.99. The van der Waals surface area contributed by atoms with Crippen LogP contribution in [0.2, 0.25) is 0 Å². The van der Waals surface area contributed by atoms with E-state index >= 15 is 0 Å². The average molecular weight is 512 g/mol. The van der Waals surface area contributed by atoms with Crippen molar-refractivity contribution in [2.45, 2.75) is 51.8 Å². The van der Waals surface area contributed by atoms with Crippen molar-refractivity contribution >= 4 is 17.5 Å². The number of hydrogen-bond acceptors (Lipinski definition) is 5. The molecular formula is C29H38FN3O4. The van der Waals surface area contributed by atoms with Gasteiger partial charge in [0.15, 0.2) is 0 Å². The maximum absolute atomic E-state index is 13.5. The van der Waals surface area contributed by atoms with E-state index in [0.717, 1.165) is 24.8 Å². The first-order valence-electron chi connectivity index (χ1n) is 13.1. The van der Waals surface area contributed by atoms with Crippen molar-refractivity contribution in [2.75, 3.05) is 39.2 Å². The highest BCUT2D eigenvalue weighted by Crippen LogP contribution is 2.30. The molecule has 1 N–H and O–H groups in total. The summed E-state index contributed by atoms with van der Waals surface area (Å²) in [5.41, 5.74) is 2.08. The smallest absolute Gasteiger partial charge is 0.257 e. The van der Waals surface area contributed by atoms with E-state index in [4.69, 9.17) is 9.47 Å². The summed E-state index contributed by atoms with van der Waals surface area (Å²) in [5, 5.41) is 2.98. The summed E-state index contributed by atoms with van der Waals surface area (Å²) in [5.74, 6) is 0.232. The Morgan fingerprint density at radius 2 is 1.86 bits per heavy atom. The van der Waals surface area contributed by atoms with E-state index in [2.05, 4.69) is 24.1 Å². The Morgan fingerprint density at radius 1 is 1.14 bits per heavy atom. The number of rotatable bonds is 5. The zero-order chi connectivity index (χ0) is 26.5. The fourth-order valence-corrected chi connectivity index (χ4v) is 4.88. The number of halogens is 1. The van der Waals surface area contributed by atoms with Crippen LogP contribution in [0.4, 0.5) is 10.1 Å². The van der Waals surface area contributed by atoms with Crippen molar-refractivity contribution in [3.05, 3.63) is 59.4 Å². The first kappa shape index (κ1) is 27.1. The number of methoxy groups -OCH3 is 1. The van der Waals surface area contributed by atoms with Crippen LogP contribution in [0.15, 0.2) is 42.5 Å². The van der Waals surface area contributed by atoms with Crippen LogP contribution in [0.25, 0.3) is 0 Å². The molecule has 7 nitrogen and oxygen atoms in total. The molecule has 0 aromatic heterocycles. The molecule has 200 valence electrons. The van der Waals surface area contributed by atoms with Gasteiger partial charge in [0, 0.05) is 57.5 Å². The van der Waals surface area contributed by atoms with Crippen LogP contribution in [-0.2, 0) is 16.1 Å². The molecule has 0 bridgehead atoms. The fraction of sp³-hybridized carbons (Fsp3) is 0.517. The lowest BCUT2D eigenvalue weighted by molar-refractivity contribution is -0.122. The van der Waals surface area contributed by atoms with Crippen LogP contribution < -0.4 is 10.1 Å². The Hall–Kier alpha value is -2.97. The predicted octanol–water partition coefficient (Wildman–Crippen LogP) is 4.57. The molecule has 2 aromatic rings. The largest absolute Gasteiger partial charge is 0.491 e. The molecule has 1 fully saturated rings. The van der Waals surface area contributed by atoms with Gasteiger partial charge in [-0.2, -0.15) is 0 Å². The van der Waals surface area contributed by atoms with Crippen molar-refractivity contribution in [2.24, 2.45) is 11.8 Å². The first-order valence-corrected chi connectivity index (χ1v) is 13.1. The minimum absolute atomic E-state index is 0.00154. The lowest BCUT2D eigenvalue weighted by Crippen LogP contribution is -2.46. The average Bonchev–Trinajstić information content (AvgIpc) is 2.84. The normalized spacial score (nSPS) is 23.8. The van der Waals surface area contributed by atoms with Gasteiger partial charge < -0.3 is 19.7 Å². The van der Waals surface area contributed by atoms with Gasteiger partial charge in [-0.3, -0.25) is 14.5 Å². The monoisotopic (exact) mass is 511 g/mol. The SMILES string of the molecule is CO[C@@H]1CN(C)C(=O)c2ccc(NC(=O)C3CCC3)cc2OC[C@H](C)N(Cc2ccc(F)cc2)C[C@@H]1C. The molecule has 2 amide bonds. The van der Waals surface area contributed by atoms with Gasteiger partial charge in [0.25, 0.3) is 5.91 Å². The van der Waals surface area contributed by atoms with Gasteiger partial charge in [-0.25, -0.2) is 4.39 Å². The van der Waals surface area contributed by atoms with E-state index < -0.39 is 0 Å². The number of amides is 2. The molecule has 1 saturated carbocycles. The quantitative estimate of drug-likeness (QED) is 0.637. The number of nitrogens with one attached hydrogen (secondary N) is 1. The number of ether oxygens (including phenoxy) is 2. The molecule has 3 atom stereocenters. The van der Waals surface area contributed by atoms with Gasteiger partial charge in [0.2, 0.25) is 5.91 Å². The van der Waals surface area contributed by atoms with Gasteiger partial charge >= 0.3 is 0 Å². The summed E-state index contributed by atoms with van der Waals surface area (Å²) in [4.78, 5) is 29.9. The first-order chi connectivity index (χ1) is 17.7. The van der Waals surface area contributed by atoms with Crippen molar-refractivity contribution in [3.63, 3.8) is 0 Å². The highest BCUT2D eigenvalue weighted by atomic mass is 19.1. The molecule has 0 spiro atoms. The maximum atomic E-state index is 13.5. The lowest BCUT2D eigenvalue weighted by Gasteiger charge is -2.36. The number of nitrogens with zero attached hydrogens (tertiary/aromatic N) is 2. The summed E-state index contributed by atoms with van der Waals surface area (Å²) in [6, 6.07) is 11.8. The van der Waals surface area contributed by atoms with Crippen molar-refractivity contribution in [1.82, 2.24) is 9.80 Å². The van der Waals surface area contributed by atoms with Crippen LogP contribution in [0.1, 0.15) is 49.0 Å². The maximum Gasteiger partial charge on any atom is 0.257 e. The van der Waals surface area contributed by atoms with Crippen LogP contribution in [-0.4, -0.2) is 67.6 Å². The van der Waals surface area contributed by atoms with E-state index in [1.807, 2.05) is 0 Å². The molecule has 1 heterocycles. The van der Waals surface area contributed by atoms with Crippen LogP contribution >= 0.6 is 0 Å². The van der Waals surface area contributed by atoms with Gasteiger partial charge in [-0.15, -0.1) is 0 Å². The van der Waals surface area contributed by atoms with Crippen molar-refractivity contribution in [1.29, 1.82) is 0 Å². The number of likely N-dealkylation sites (N-methyl/N-ethyl adjacent to an activating group) is 1. The molecule has 4 rings (SSSR count). The minimum Gasteiger partial charge on any atom is -0.491 e. The van der Waals surface area contributed by atoms with Gasteiger partial charge in [0.05, 0.1) is 11.7 Å². The minimum atomic E-state index is -0.258. The van der Waals surface area contributed by atoms with E-state index in [1.54, 1.807) is 49.4 Å². The molecule has 0 unspecified atom stereocenters. The molecular weight excluding hydrogens is 473 g/mol. The summed E-state index contributed by atoms with van der Waals surface area (Å²) >= 11 is 0. The topological polar surface area (TPSA) is 71.1 Å². The number of anilines is 1. The Bertz CT molecular complexity index is 1090. The summed E-state index contributed by atoms with van der Waals surface area (Å²) in [6.45, 7) is 6.32. The summed E-state index contributed by atoms with van der Waals surface area (Å²) < 4.78 is 25.6. The Morgan fingerprint density at radius 3 is 2.51 bits per heavy atom. The van der Waals surface area contributed by atoms with Crippen LogP contribution in [0, 0.1) is 17.7 Å². The Balaban J connectivity index is 1.61. The second-order valence-corrected chi connectivity index (χ2v) is 10.5. The zero-order valence-electron chi connectivity index (χ0n) is 22.2. The molecule has 1 aliphatic carbocycles. The second-order valence-electron chi connectivity index (χ2n) is 10.5. The summed E-state index contributed by atoms with van der Waals surface area (Å²) in [7, 11) is 3.44. The standard InChI is InChI=1S/C29H38FN3O4/c1-19-15-33(16-21-8-10-23(30)11-9-21)20(2)18-37-26-14-24(31-28(34)22-6-5-7-22)12-13-25(26)29(35)32(3)17-27(19)36-4/h8-14,19-20,22,27H,5-7,15-18H2,1-4H3,(H,31,34)/t19-,20-,27+/m0/s1. The highest BCUT2D eigenvalue weighted by Gasteiger charge is 2.29. The van der Waals surface area contributed by atoms with Crippen LogP contribution in [0.3, 0.4) is 0 Å². The second kappa shape index (κ2) is 12.0. The number of carbonyl (C=O) groups is 2. The van der Waals surface area contributed by atoms with Gasteiger partial charge in [-0.1, -0.05) is 25.5 Å². The Labute approximate surface area is 218 Å². The third-order valence-electron chi connectivity index (χ3n) is 7.62. The van der Waals surface area contributed by atoms with Crippen LogP contribution in [0.5, 0.6) is 5.75 Å². The molecule has 1 aliphatic heterocycles. The molecule has 2 aromatic carbocycles. The molecule has 0 radical (unpaired) electrons. The predicted molar refractivity (Wildman–Crippen MR) is 141 cm³/mol. The molecule has 2 aliphatic rings. The third-order valence-corrected chi connectivity index (χ3v) is 7.62. The van der Waals surface area contributed by atoms with E-state index in [0.29, 0.717) is 43.2 Å². The lowest BCUT2D eigenvalue weighted by atomic mass is 9.85. The number of fused-ring (bicyclic) bond motifs is 1. The molecule has 37 heavy (non-hydrogen) atoms. The van der Waals surface area contributed by atoms with E-state index in [9.17, 15) is 14.0 Å². The number of benzene rings is 2. The van der Waals surface area contributed by atoms with E-state index in [1.165, 1.54) is 12.1 Å². The molecule has 8 heteroatoms. The van der Waals surface area contributed by atoms with E-state index in [-0.39, 0.29) is 41.6 Å². The third kappa shape index (κ3) is 6.67.